The molecule has 7 heteroatoms. The van der Waals surface area contributed by atoms with E-state index in [2.05, 4.69) is 48.1 Å². The zero-order chi connectivity index (χ0) is 34.3. The molecule has 1 N–H and O–H groups in total. The molecule has 0 aromatic heterocycles. The van der Waals surface area contributed by atoms with Gasteiger partial charge in [0.05, 0.1) is 32.3 Å². The monoisotopic (exact) mass is 650 g/mol. The summed E-state index contributed by atoms with van der Waals surface area (Å²) in [6, 6.07) is 3.33. The van der Waals surface area contributed by atoms with Crippen molar-refractivity contribution in [3.63, 3.8) is 0 Å². The maximum absolute atomic E-state index is 13.7. The van der Waals surface area contributed by atoms with E-state index in [0.717, 1.165) is 64.2 Å². The number of hydrogen-bond acceptors (Lipinski definition) is 6. The highest BCUT2D eigenvalue weighted by Gasteiger charge is 2.72. The number of carboxylic acids is 1. The van der Waals surface area contributed by atoms with Crippen molar-refractivity contribution in [2.45, 2.75) is 112 Å². The average Bonchev–Trinajstić information content (AvgIpc) is 3.43. The van der Waals surface area contributed by atoms with Crippen LogP contribution in [0.5, 0.6) is 17.2 Å². The van der Waals surface area contributed by atoms with E-state index in [9.17, 15) is 14.7 Å². The number of methoxy groups -OCH3 is 3. The van der Waals surface area contributed by atoms with Gasteiger partial charge >= 0.3 is 11.9 Å². The minimum absolute atomic E-state index is 0.0888. The number of esters is 1. The zero-order valence-corrected chi connectivity index (χ0v) is 30.3. The normalized spacial score (nSPS) is 41.7. The van der Waals surface area contributed by atoms with Crippen molar-refractivity contribution in [1.82, 2.24) is 0 Å². The first kappa shape index (κ1) is 34.2. The van der Waals surface area contributed by atoms with E-state index in [4.69, 9.17) is 18.9 Å². The number of hydrogen-bond donors (Lipinski definition) is 1. The highest BCUT2D eigenvalue weighted by atomic mass is 16.5. The minimum atomic E-state index is -0.597. The molecule has 7 nitrogen and oxygen atoms in total. The second kappa shape index (κ2) is 11.4. The molecule has 1 unspecified atom stereocenters. The number of rotatable bonds is 7. The standard InChI is InChI=1S/C40H58O7/c1-23(2)25-13-18-40(35(42)43)20-19-38(6)26(32(25)40)11-12-30-37(5)16-15-31(36(3,4)29(37)14-17-39(30,38)7)47-34(41)24-21-27(44-8)33(46-10)28(22-24)45-9/h21-22,25-26,29-32H,1,11-20H2,2-10H3,(H,42,43)/t25-,26+,29?,30+,31-,32+,37-,38+,39+,40-/m0/s1. The molecule has 1 aromatic carbocycles. The Labute approximate surface area is 282 Å². The van der Waals surface area contributed by atoms with E-state index >= 15 is 0 Å². The molecule has 0 aliphatic heterocycles. The summed E-state index contributed by atoms with van der Waals surface area (Å²) in [6.07, 6.45) is 9.65. The Balaban J connectivity index is 1.27. The zero-order valence-electron chi connectivity index (χ0n) is 30.3. The fourth-order valence-corrected chi connectivity index (χ4v) is 13.1. The molecule has 0 radical (unpaired) electrons. The number of carboxylic acid groups (broad SMARTS) is 1. The molecule has 0 saturated heterocycles. The van der Waals surface area contributed by atoms with Crippen molar-refractivity contribution in [1.29, 1.82) is 0 Å². The molecule has 0 amide bonds. The number of aliphatic carboxylic acids is 1. The first-order valence-electron chi connectivity index (χ1n) is 18.0. The minimum Gasteiger partial charge on any atom is -0.493 e. The van der Waals surface area contributed by atoms with E-state index in [1.807, 2.05) is 0 Å². The van der Waals surface area contributed by atoms with Crippen molar-refractivity contribution in [3.05, 3.63) is 29.8 Å². The Morgan fingerprint density at radius 3 is 2.02 bits per heavy atom. The molecule has 5 aliphatic rings. The lowest BCUT2D eigenvalue weighted by atomic mass is 9.32. The van der Waals surface area contributed by atoms with Crippen LogP contribution < -0.4 is 14.2 Å². The Morgan fingerprint density at radius 2 is 1.45 bits per heavy atom. The highest BCUT2D eigenvalue weighted by Crippen LogP contribution is 2.77. The first-order valence-corrected chi connectivity index (χ1v) is 18.0. The maximum Gasteiger partial charge on any atom is 0.338 e. The van der Waals surface area contributed by atoms with E-state index in [-0.39, 0.29) is 39.7 Å². The molecule has 1 aromatic rings. The van der Waals surface area contributed by atoms with Gasteiger partial charge in [-0.1, -0.05) is 46.8 Å². The molecule has 6 rings (SSSR count). The van der Waals surface area contributed by atoms with Crippen LogP contribution in [-0.4, -0.2) is 44.5 Å². The van der Waals surface area contributed by atoms with Gasteiger partial charge in [-0.15, -0.1) is 0 Å². The summed E-state index contributed by atoms with van der Waals surface area (Å²) in [4.78, 5) is 26.7. The van der Waals surface area contributed by atoms with Crippen LogP contribution in [0.1, 0.15) is 116 Å². The fourth-order valence-electron chi connectivity index (χ4n) is 13.1. The van der Waals surface area contributed by atoms with E-state index in [0.29, 0.717) is 46.5 Å². The number of fused-ring (bicyclic) bond motifs is 7. The molecule has 0 heterocycles. The van der Waals surface area contributed by atoms with Gasteiger partial charge in [0.25, 0.3) is 0 Å². The summed E-state index contributed by atoms with van der Waals surface area (Å²) in [5, 5.41) is 10.7. The SMILES string of the molecule is C=C(C)[C@@H]1CC[C@]2(C(=O)O)CC[C@]3(C)[C@H](CC[C@@H]4[C@@]5(C)CC[C@H](OC(=O)c6cc(OC)c(OC)c(OC)c6)C(C)(C)C5CC[C@]43C)[C@@H]12. The fraction of sp³-hybridized carbons (Fsp3) is 0.750. The molecule has 5 saturated carbocycles. The van der Waals surface area contributed by atoms with E-state index < -0.39 is 11.4 Å². The second-order valence-electron chi connectivity index (χ2n) is 17.3. The number of ether oxygens (including phenoxy) is 4. The quantitative estimate of drug-likeness (QED) is 0.233. The summed E-state index contributed by atoms with van der Waals surface area (Å²) >= 11 is 0. The number of carbonyl (C=O) groups is 2. The number of benzene rings is 1. The van der Waals surface area contributed by atoms with Gasteiger partial charge in [-0.2, -0.15) is 0 Å². The molecule has 5 fully saturated rings. The van der Waals surface area contributed by atoms with Gasteiger partial charge in [0.2, 0.25) is 5.75 Å². The highest BCUT2D eigenvalue weighted by molar-refractivity contribution is 5.91. The molecule has 260 valence electrons. The van der Waals surface area contributed by atoms with Gasteiger partial charge in [0, 0.05) is 5.41 Å². The van der Waals surface area contributed by atoms with Crippen LogP contribution in [0.2, 0.25) is 0 Å². The van der Waals surface area contributed by atoms with Gasteiger partial charge in [0.15, 0.2) is 11.5 Å². The predicted molar refractivity (Wildman–Crippen MR) is 182 cm³/mol. The molecular weight excluding hydrogens is 592 g/mol. The van der Waals surface area contributed by atoms with E-state index in [1.165, 1.54) is 5.57 Å². The van der Waals surface area contributed by atoms with Gasteiger partial charge in [-0.25, -0.2) is 4.79 Å². The van der Waals surface area contributed by atoms with Gasteiger partial charge in [-0.3, -0.25) is 4.79 Å². The first-order chi connectivity index (χ1) is 22.1. The van der Waals surface area contributed by atoms with Crippen LogP contribution in [0.15, 0.2) is 24.3 Å². The van der Waals surface area contributed by atoms with Gasteiger partial charge in [-0.05, 0) is 129 Å². The summed E-state index contributed by atoms with van der Waals surface area (Å²) in [7, 11) is 4.64. The Kier molecular flexibility index (Phi) is 8.32. The molecule has 10 atom stereocenters. The van der Waals surface area contributed by atoms with Crippen molar-refractivity contribution >= 4 is 11.9 Å². The maximum atomic E-state index is 13.7. The molecule has 47 heavy (non-hydrogen) atoms. The van der Waals surface area contributed by atoms with Gasteiger partial charge in [0.1, 0.15) is 6.10 Å². The summed E-state index contributed by atoms with van der Waals surface area (Å²) in [5.74, 6) is 2.22. The Bertz CT molecular complexity index is 1420. The largest absolute Gasteiger partial charge is 0.493 e. The third kappa shape index (κ3) is 4.63. The van der Waals surface area contributed by atoms with Crippen LogP contribution in [0.3, 0.4) is 0 Å². The second-order valence-corrected chi connectivity index (χ2v) is 17.3. The molecule has 5 aliphatic carbocycles. The predicted octanol–water partition coefficient (Wildman–Crippen LogP) is 8.98. The third-order valence-electron chi connectivity index (χ3n) is 15.6. The lowest BCUT2D eigenvalue weighted by Crippen LogP contribution is -2.67. The summed E-state index contributed by atoms with van der Waals surface area (Å²) < 4.78 is 22.8. The van der Waals surface area contributed by atoms with Crippen molar-refractivity contribution < 1.29 is 33.6 Å². The van der Waals surface area contributed by atoms with Crippen LogP contribution >= 0.6 is 0 Å². The summed E-state index contributed by atoms with van der Waals surface area (Å²) in [6.45, 7) is 18.8. The smallest absolute Gasteiger partial charge is 0.338 e. The lowest BCUT2D eigenvalue weighted by molar-refractivity contribution is -0.248. The average molecular weight is 651 g/mol. The molecule has 0 spiro atoms. The van der Waals surface area contributed by atoms with E-state index in [1.54, 1.807) is 33.5 Å². The van der Waals surface area contributed by atoms with Crippen LogP contribution in [-0.2, 0) is 9.53 Å². The lowest BCUT2D eigenvalue weighted by Gasteiger charge is -2.72. The molecule has 0 bridgehead atoms. The van der Waals surface area contributed by atoms with Crippen LogP contribution in [0, 0.1) is 56.7 Å². The topological polar surface area (TPSA) is 91.3 Å². The Morgan fingerprint density at radius 1 is 0.787 bits per heavy atom. The molecular formula is C40H58O7. The number of allylic oxidation sites excluding steroid dienone is 1. The van der Waals surface area contributed by atoms with Crippen molar-refractivity contribution in [3.8, 4) is 17.2 Å². The third-order valence-corrected chi connectivity index (χ3v) is 15.6. The van der Waals surface area contributed by atoms with Crippen molar-refractivity contribution in [2.24, 2.45) is 56.7 Å². The Hall–Kier alpha value is -2.70. The summed E-state index contributed by atoms with van der Waals surface area (Å²) in [5.41, 5.74) is 1.09. The number of carbonyl (C=O) groups excluding carboxylic acids is 1. The van der Waals surface area contributed by atoms with Crippen LogP contribution in [0.25, 0.3) is 0 Å². The van der Waals surface area contributed by atoms with Crippen molar-refractivity contribution in [2.75, 3.05) is 21.3 Å². The van der Waals surface area contributed by atoms with Gasteiger partial charge < -0.3 is 24.1 Å². The van der Waals surface area contributed by atoms with Crippen LogP contribution in [0.4, 0.5) is 0 Å².